The highest BCUT2D eigenvalue weighted by Crippen LogP contribution is 2.33. The van der Waals surface area contributed by atoms with Gasteiger partial charge in [-0.05, 0) is 95.9 Å². The molecule has 0 radical (unpaired) electrons. The predicted octanol–water partition coefficient (Wildman–Crippen LogP) is 3.94. The molecule has 0 unspecified atom stereocenters. The van der Waals surface area contributed by atoms with Crippen LogP contribution in [0.15, 0.2) is 42.6 Å². The second-order valence-electron chi connectivity index (χ2n) is 9.11. The highest BCUT2D eigenvalue weighted by atomic mass is 32.1. The minimum atomic E-state index is 0.0302. The molecule has 1 aliphatic rings. The Morgan fingerprint density at radius 3 is 2.75 bits per heavy atom. The number of hydrogen-bond donors (Lipinski definition) is 2. The van der Waals surface area contributed by atoms with Crippen LogP contribution in [0.2, 0.25) is 0 Å². The fraction of sp³-hybridized carbons (Fsp3) is 0.480. The minimum Gasteiger partial charge on any atom is -0.347 e. The van der Waals surface area contributed by atoms with Gasteiger partial charge in [0.2, 0.25) is 5.91 Å². The SMILES string of the molecule is CN(C)CCCn1ccc2cc(-c3ccc(NC(=O)CNC4CCN(C)CC4)s3)ccc21. The number of aryl methyl sites for hydroxylation is 1. The van der Waals surface area contributed by atoms with Crippen LogP contribution in [0.1, 0.15) is 19.3 Å². The molecule has 1 aromatic carbocycles. The van der Waals surface area contributed by atoms with E-state index >= 15 is 0 Å². The van der Waals surface area contributed by atoms with Gasteiger partial charge in [0.05, 0.1) is 11.5 Å². The van der Waals surface area contributed by atoms with Crippen LogP contribution < -0.4 is 10.6 Å². The quantitative estimate of drug-likeness (QED) is 0.515. The minimum absolute atomic E-state index is 0.0302. The Labute approximate surface area is 195 Å². The number of benzene rings is 1. The number of rotatable bonds is 9. The molecule has 6 nitrogen and oxygen atoms in total. The molecule has 0 atom stereocenters. The number of carbonyl (C=O) groups is 1. The first kappa shape index (κ1) is 23.0. The number of anilines is 1. The Hall–Kier alpha value is -2.19. The van der Waals surface area contributed by atoms with Crippen molar-refractivity contribution in [1.82, 2.24) is 19.7 Å². The number of amides is 1. The summed E-state index contributed by atoms with van der Waals surface area (Å²) in [5, 5.41) is 8.61. The molecule has 1 aliphatic heterocycles. The van der Waals surface area contributed by atoms with Crippen molar-refractivity contribution < 1.29 is 4.79 Å². The number of hydrogen-bond acceptors (Lipinski definition) is 5. The van der Waals surface area contributed by atoms with Crippen molar-refractivity contribution in [3.63, 3.8) is 0 Å². The molecule has 0 spiro atoms. The summed E-state index contributed by atoms with van der Waals surface area (Å²) in [6, 6.07) is 13.4. The zero-order valence-corrected chi connectivity index (χ0v) is 20.3. The van der Waals surface area contributed by atoms with Crippen LogP contribution in [-0.4, -0.2) is 73.6 Å². The van der Waals surface area contributed by atoms with Gasteiger partial charge in [-0.3, -0.25) is 4.79 Å². The molecule has 32 heavy (non-hydrogen) atoms. The Morgan fingerprint density at radius 1 is 1.16 bits per heavy atom. The van der Waals surface area contributed by atoms with Crippen LogP contribution in [0.4, 0.5) is 5.00 Å². The Morgan fingerprint density at radius 2 is 1.97 bits per heavy atom. The van der Waals surface area contributed by atoms with E-state index in [0.717, 1.165) is 50.4 Å². The average Bonchev–Trinajstić information content (AvgIpc) is 3.40. The first-order chi connectivity index (χ1) is 15.5. The van der Waals surface area contributed by atoms with Crippen LogP contribution in [0.25, 0.3) is 21.3 Å². The van der Waals surface area contributed by atoms with Crippen LogP contribution in [0.3, 0.4) is 0 Å². The maximum absolute atomic E-state index is 12.4. The largest absolute Gasteiger partial charge is 0.347 e. The third-order valence-electron chi connectivity index (χ3n) is 6.20. The fourth-order valence-electron chi connectivity index (χ4n) is 4.30. The van der Waals surface area contributed by atoms with E-state index in [-0.39, 0.29) is 5.91 Å². The molecule has 0 bridgehead atoms. The van der Waals surface area contributed by atoms with E-state index in [9.17, 15) is 4.79 Å². The van der Waals surface area contributed by atoms with Gasteiger partial charge >= 0.3 is 0 Å². The van der Waals surface area contributed by atoms with Crippen LogP contribution in [-0.2, 0) is 11.3 Å². The van der Waals surface area contributed by atoms with E-state index in [1.54, 1.807) is 11.3 Å². The lowest BCUT2D eigenvalue weighted by molar-refractivity contribution is -0.115. The maximum Gasteiger partial charge on any atom is 0.238 e. The van der Waals surface area contributed by atoms with Gasteiger partial charge in [0, 0.05) is 34.6 Å². The third-order valence-corrected chi connectivity index (χ3v) is 7.25. The molecule has 1 amide bonds. The summed E-state index contributed by atoms with van der Waals surface area (Å²) >= 11 is 1.63. The number of nitrogens with zero attached hydrogens (tertiary/aromatic N) is 3. The molecule has 3 heterocycles. The summed E-state index contributed by atoms with van der Waals surface area (Å²) in [4.78, 5) is 18.1. The van der Waals surface area contributed by atoms with E-state index in [1.165, 1.54) is 21.3 Å². The van der Waals surface area contributed by atoms with E-state index in [0.29, 0.717) is 12.6 Å². The zero-order valence-electron chi connectivity index (χ0n) is 19.4. The number of carbonyl (C=O) groups excluding carboxylic acids is 1. The van der Waals surface area contributed by atoms with E-state index in [2.05, 4.69) is 82.7 Å². The van der Waals surface area contributed by atoms with E-state index in [1.807, 2.05) is 6.07 Å². The van der Waals surface area contributed by atoms with E-state index in [4.69, 9.17) is 0 Å². The number of nitrogens with one attached hydrogen (secondary N) is 2. The van der Waals surface area contributed by atoms with Crippen LogP contribution in [0.5, 0.6) is 0 Å². The summed E-state index contributed by atoms with van der Waals surface area (Å²) in [5.74, 6) is 0.0302. The summed E-state index contributed by atoms with van der Waals surface area (Å²) < 4.78 is 2.33. The lowest BCUT2D eigenvalue weighted by atomic mass is 10.1. The third kappa shape index (κ3) is 5.98. The van der Waals surface area contributed by atoms with Crippen molar-refractivity contribution in [2.45, 2.75) is 31.8 Å². The first-order valence-electron chi connectivity index (χ1n) is 11.5. The number of thiophene rings is 1. The number of piperidine rings is 1. The summed E-state index contributed by atoms with van der Waals surface area (Å²) in [6.45, 7) is 4.68. The normalized spacial score (nSPS) is 15.6. The van der Waals surface area contributed by atoms with Gasteiger partial charge < -0.3 is 25.0 Å². The predicted molar refractivity (Wildman–Crippen MR) is 136 cm³/mol. The molecule has 2 N–H and O–H groups in total. The highest BCUT2D eigenvalue weighted by molar-refractivity contribution is 7.19. The second kappa shape index (κ2) is 10.6. The number of likely N-dealkylation sites (tertiary alicyclic amines) is 1. The molecular formula is C25H35N5OS. The lowest BCUT2D eigenvalue weighted by Gasteiger charge is -2.29. The van der Waals surface area contributed by atoms with Gasteiger partial charge in [-0.2, -0.15) is 0 Å². The molecule has 1 fully saturated rings. The van der Waals surface area contributed by atoms with Crippen molar-refractivity contribution in [2.75, 3.05) is 52.6 Å². The van der Waals surface area contributed by atoms with E-state index < -0.39 is 0 Å². The standard InChI is InChI=1S/C25H35N5OS/c1-28(2)12-4-13-30-16-9-19-17-20(5-6-22(19)30)23-7-8-25(32-23)27-24(31)18-26-21-10-14-29(3)15-11-21/h5-9,16-17,21,26H,4,10-15,18H2,1-3H3,(H,27,31). The van der Waals surface area contributed by atoms with Gasteiger partial charge in [-0.25, -0.2) is 0 Å². The van der Waals surface area contributed by atoms with Crippen molar-refractivity contribution in [3.8, 4) is 10.4 Å². The maximum atomic E-state index is 12.4. The molecule has 3 aromatic rings. The molecule has 4 rings (SSSR count). The smallest absolute Gasteiger partial charge is 0.238 e. The van der Waals surface area contributed by atoms with Crippen molar-refractivity contribution in [1.29, 1.82) is 0 Å². The molecule has 0 saturated carbocycles. The lowest BCUT2D eigenvalue weighted by Crippen LogP contribution is -2.43. The summed E-state index contributed by atoms with van der Waals surface area (Å²) in [5.41, 5.74) is 2.47. The molecule has 1 saturated heterocycles. The molecular weight excluding hydrogens is 418 g/mol. The Balaban J connectivity index is 1.33. The van der Waals surface area contributed by atoms with Crippen molar-refractivity contribution in [2.24, 2.45) is 0 Å². The first-order valence-corrected chi connectivity index (χ1v) is 12.4. The van der Waals surface area contributed by atoms with Gasteiger partial charge in [-0.15, -0.1) is 11.3 Å². The Bertz CT molecular complexity index is 1030. The van der Waals surface area contributed by atoms with Gasteiger partial charge in [-0.1, -0.05) is 6.07 Å². The highest BCUT2D eigenvalue weighted by Gasteiger charge is 2.17. The van der Waals surface area contributed by atoms with Crippen LogP contribution in [0, 0.1) is 0 Å². The fourth-order valence-corrected chi connectivity index (χ4v) is 5.22. The number of fused-ring (bicyclic) bond motifs is 1. The van der Waals surface area contributed by atoms with Gasteiger partial charge in [0.15, 0.2) is 0 Å². The topological polar surface area (TPSA) is 52.5 Å². The second-order valence-corrected chi connectivity index (χ2v) is 10.2. The molecule has 7 heteroatoms. The van der Waals surface area contributed by atoms with Gasteiger partial charge in [0.1, 0.15) is 0 Å². The van der Waals surface area contributed by atoms with Gasteiger partial charge in [0.25, 0.3) is 0 Å². The van der Waals surface area contributed by atoms with Crippen molar-refractivity contribution >= 4 is 33.1 Å². The van der Waals surface area contributed by atoms with Crippen molar-refractivity contribution in [3.05, 3.63) is 42.6 Å². The zero-order chi connectivity index (χ0) is 22.5. The Kier molecular flexibility index (Phi) is 7.63. The summed E-state index contributed by atoms with van der Waals surface area (Å²) in [7, 11) is 6.38. The van der Waals surface area contributed by atoms with Crippen LogP contribution >= 0.6 is 11.3 Å². The average molecular weight is 454 g/mol. The molecule has 172 valence electrons. The molecule has 0 aliphatic carbocycles. The monoisotopic (exact) mass is 453 g/mol. The number of aromatic nitrogens is 1. The summed E-state index contributed by atoms with van der Waals surface area (Å²) in [6.07, 6.45) is 5.53. The molecule has 2 aromatic heterocycles.